The lowest BCUT2D eigenvalue weighted by atomic mass is 10.1. The van der Waals surface area contributed by atoms with Crippen molar-refractivity contribution in [2.45, 2.75) is 6.18 Å². The molecule has 0 saturated carbocycles. The molecule has 2 aromatic carbocycles. The number of amides is 1. The van der Waals surface area contributed by atoms with Gasteiger partial charge in [-0.05, 0) is 18.2 Å². The largest absolute Gasteiger partial charge is 0.495 e. The molecule has 0 fully saturated rings. The minimum atomic E-state index is -4.74. The second kappa shape index (κ2) is 9.15. The Balaban J connectivity index is 1.77. The van der Waals surface area contributed by atoms with E-state index in [4.69, 9.17) is 21.1 Å². The normalized spacial score (nSPS) is 11.5. The van der Waals surface area contributed by atoms with Gasteiger partial charge in [0.15, 0.2) is 17.0 Å². The maximum atomic E-state index is 13.8. The Bertz CT molecular complexity index is 1390. The Morgan fingerprint density at radius 2 is 1.74 bits per heavy atom. The second-order valence-corrected chi connectivity index (χ2v) is 8.29. The van der Waals surface area contributed by atoms with Crippen molar-refractivity contribution in [2.24, 2.45) is 0 Å². The summed E-state index contributed by atoms with van der Waals surface area (Å²) in [6.45, 7) is 0. The van der Waals surface area contributed by atoms with Gasteiger partial charge < -0.3 is 14.8 Å². The third-order valence-electron chi connectivity index (χ3n) is 4.81. The van der Waals surface area contributed by atoms with E-state index < -0.39 is 17.8 Å². The van der Waals surface area contributed by atoms with Crippen LogP contribution in [0.4, 0.5) is 18.9 Å². The first kappa shape index (κ1) is 23.8. The van der Waals surface area contributed by atoms with Gasteiger partial charge >= 0.3 is 6.18 Å². The van der Waals surface area contributed by atoms with Crippen molar-refractivity contribution in [3.05, 3.63) is 69.4 Å². The van der Waals surface area contributed by atoms with Gasteiger partial charge in [-0.2, -0.15) is 18.3 Å². The Morgan fingerprint density at radius 3 is 2.35 bits per heavy atom. The lowest BCUT2D eigenvalue weighted by Crippen LogP contribution is -2.16. The molecular weight excluding hydrogens is 541 g/mol. The minimum Gasteiger partial charge on any atom is -0.495 e. The van der Waals surface area contributed by atoms with Crippen LogP contribution in [0.15, 0.2) is 53.0 Å². The molecule has 0 unspecified atom stereocenters. The number of methoxy groups -OCH3 is 2. The maximum Gasteiger partial charge on any atom is 0.433 e. The quantitative estimate of drug-likeness (QED) is 0.322. The van der Waals surface area contributed by atoms with E-state index in [1.807, 2.05) is 0 Å². The van der Waals surface area contributed by atoms with E-state index in [-0.39, 0.29) is 39.2 Å². The van der Waals surface area contributed by atoms with E-state index in [1.54, 1.807) is 24.3 Å². The van der Waals surface area contributed by atoms with Crippen molar-refractivity contribution in [3.63, 3.8) is 0 Å². The minimum absolute atomic E-state index is 0.0864. The van der Waals surface area contributed by atoms with Crippen molar-refractivity contribution >= 4 is 44.8 Å². The highest BCUT2D eigenvalue weighted by Crippen LogP contribution is 2.36. The van der Waals surface area contributed by atoms with Crippen molar-refractivity contribution in [1.82, 2.24) is 14.6 Å². The summed E-state index contributed by atoms with van der Waals surface area (Å²) in [5, 5.41) is 6.67. The molecular formula is C22H15BrClF3N4O3. The zero-order chi connectivity index (χ0) is 24.6. The number of rotatable bonds is 5. The summed E-state index contributed by atoms with van der Waals surface area (Å²) in [6.07, 6.45) is -4.74. The number of halogens is 5. The Hall–Kier alpha value is -3.31. The second-order valence-electron chi connectivity index (χ2n) is 6.97. The van der Waals surface area contributed by atoms with Crippen LogP contribution in [0.1, 0.15) is 16.2 Å². The Morgan fingerprint density at radius 1 is 1.06 bits per heavy atom. The number of fused-ring (bicyclic) bond motifs is 1. The van der Waals surface area contributed by atoms with Gasteiger partial charge in [-0.1, -0.05) is 39.7 Å². The van der Waals surface area contributed by atoms with Crippen LogP contribution in [-0.2, 0) is 6.18 Å². The molecule has 0 spiro atoms. The number of anilines is 1. The average molecular weight is 556 g/mol. The van der Waals surface area contributed by atoms with Crippen molar-refractivity contribution < 1.29 is 27.4 Å². The first-order valence-electron chi connectivity index (χ1n) is 9.57. The molecule has 1 amide bonds. The lowest BCUT2D eigenvalue weighted by molar-refractivity contribution is -0.142. The summed E-state index contributed by atoms with van der Waals surface area (Å²) in [5.74, 6) is -0.269. The first-order valence-corrected chi connectivity index (χ1v) is 10.7. The van der Waals surface area contributed by atoms with E-state index >= 15 is 0 Å². The third kappa shape index (κ3) is 4.66. The molecule has 12 heteroatoms. The smallest absolute Gasteiger partial charge is 0.433 e. The zero-order valence-electron chi connectivity index (χ0n) is 17.6. The number of hydrogen-bond acceptors (Lipinski definition) is 5. The fourth-order valence-corrected chi connectivity index (χ4v) is 3.70. The van der Waals surface area contributed by atoms with Gasteiger partial charge in [0.1, 0.15) is 11.5 Å². The van der Waals surface area contributed by atoms with Crippen LogP contribution in [0.5, 0.6) is 11.5 Å². The topological polar surface area (TPSA) is 77.8 Å². The standard InChI is InChI=1S/C22H15BrClF3N4O3/c1-33-17-8-15(18(34-2)7-13(17)24)29-21(32)16-10-20-28-14(11-3-5-12(23)6-4-11)9-19(22(25,26)27)31(20)30-16/h3-10H,1-2H3,(H,29,32). The highest BCUT2D eigenvalue weighted by Gasteiger charge is 2.35. The monoisotopic (exact) mass is 554 g/mol. The Kier molecular flexibility index (Phi) is 6.41. The van der Waals surface area contributed by atoms with E-state index in [0.717, 1.165) is 10.5 Å². The number of nitrogens with one attached hydrogen (secondary N) is 1. The molecule has 0 aliphatic carbocycles. The van der Waals surface area contributed by atoms with Gasteiger partial charge in [0.2, 0.25) is 0 Å². The third-order valence-corrected chi connectivity index (χ3v) is 5.64. The van der Waals surface area contributed by atoms with E-state index in [2.05, 4.69) is 31.3 Å². The molecule has 2 heterocycles. The molecule has 34 heavy (non-hydrogen) atoms. The number of aromatic nitrogens is 3. The van der Waals surface area contributed by atoms with Crippen LogP contribution in [0.25, 0.3) is 16.9 Å². The van der Waals surface area contributed by atoms with Gasteiger partial charge in [0.25, 0.3) is 5.91 Å². The summed E-state index contributed by atoms with van der Waals surface area (Å²) in [7, 11) is 2.77. The lowest BCUT2D eigenvalue weighted by Gasteiger charge is -2.12. The highest BCUT2D eigenvalue weighted by atomic mass is 79.9. The van der Waals surface area contributed by atoms with Crippen LogP contribution in [-0.4, -0.2) is 34.7 Å². The molecule has 0 aliphatic heterocycles. The molecule has 4 aromatic rings. The Labute approximate surface area is 204 Å². The molecule has 7 nitrogen and oxygen atoms in total. The maximum absolute atomic E-state index is 13.8. The van der Waals surface area contributed by atoms with Crippen LogP contribution in [0.3, 0.4) is 0 Å². The number of ether oxygens (including phenoxy) is 2. The van der Waals surface area contributed by atoms with Crippen LogP contribution >= 0.6 is 27.5 Å². The molecule has 0 saturated heterocycles. The van der Waals surface area contributed by atoms with E-state index in [9.17, 15) is 18.0 Å². The van der Waals surface area contributed by atoms with Gasteiger partial charge in [-0.25, -0.2) is 9.50 Å². The average Bonchev–Trinajstić information content (AvgIpc) is 3.23. The van der Waals surface area contributed by atoms with E-state index in [1.165, 1.54) is 32.4 Å². The zero-order valence-corrected chi connectivity index (χ0v) is 19.9. The molecule has 0 atom stereocenters. The van der Waals surface area contributed by atoms with Crippen molar-refractivity contribution in [1.29, 1.82) is 0 Å². The van der Waals surface area contributed by atoms with Crippen LogP contribution in [0.2, 0.25) is 5.02 Å². The molecule has 0 bridgehead atoms. The fourth-order valence-electron chi connectivity index (χ4n) is 3.20. The van der Waals surface area contributed by atoms with Crippen molar-refractivity contribution in [2.75, 3.05) is 19.5 Å². The van der Waals surface area contributed by atoms with Gasteiger partial charge in [-0.15, -0.1) is 0 Å². The predicted molar refractivity (Wildman–Crippen MR) is 124 cm³/mol. The number of carbonyl (C=O) groups is 1. The summed E-state index contributed by atoms with van der Waals surface area (Å²) in [5.41, 5.74) is -0.726. The summed E-state index contributed by atoms with van der Waals surface area (Å²) < 4.78 is 53.2. The van der Waals surface area contributed by atoms with E-state index in [0.29, 0.717) is 10.1 Å². The molecule has 2 aromatic heterocycles. The number of nitrogens with zero attached hydrogens (tertiary/aromatic N) is 3. The summed E-state index contributed by atoms with van der Waals surface area (Å²) in [6, 6.07) is 11.6. The molecule has 1 N–H and O–H groups in total. The summed E-state index contributed by atoms with van der Waals surface area (Å²) >= 11 is 9.36. The van der Waals surface area contributed by atoms with Crippen LogP contribution in [0, 0.1) is 0 Å². The number of alkyl halides is 3. The van der Waals surface area contributed by atoms with Gasteiger partial charge in [0.05, 0.1) is 30.6 Å². The first-order chi connectivity index (χ1) is 16.1. The molecule has 0 radical (unpaired) electrons. The molecule has 176 valence electrons. The highest BCUT2D eigenvalue weighted by molar-refractivity contribution is 9.10. The fraction of sp³-hybridized carbons (Fsp3) is 0.136. The van der Waals surface area contributed by atoms with Gasteiger partial charge in [0, 0.05) is 28.2 Å². The summed E-state index contributed by atoms with van der Waals surface area (Å²) in [4.78, 5) is 17.1. The number of hydrogen-bond donors (Lipinski definition) is 1. The SMILES string of the molecule is COc1cc(NC(=O)c2cc3nc(-c4ccc(Br)cc4)cc(C(F)(F)F)n3n2)c(OC)cc1Cl. The van der Waals surface area contributed by atoms with Crippen LogP contribution < -0.4 is 14.8 Å². The molecule has 4 rings (SSSR count). The number of carbonyl (C=O) groups excluding carboxylic acids is 1. The van der Waals surface area contributed by atoms with Gasteiger partial charge in [-0.3, -0.25) is 4.79 Å². The number of benzene rings is 2. The van der Waals surface area contributed by atoms with Crippen molar-refractivity contribution in [3.8, 4) is 22.8 Å². The predicted octanol–water partition coefficient (Wildman–Crippen LogP) is 6.10. The molecule has 0 aliphatic rings.